The van der Waals surface area contributed by atoms with Crippen LogP contribution in [0.3, 0.4) is 0 Å². The molecule has 0 spiro atoms. The average Bonchev–Trinajstić information content (AvgIpc) is 2.46. The molecule has 0 amide bonds. The molecule has 0 fully saturated rings. The number of aromatic nitrogens is 1. The van der Waals surface area contributed by atoms with E-state index < -0.39 is 0 Å². The predicted molar refractivity (Wildman–Crippen MR) is 86.3 cm³/mol. The number of nitrogens with zero attached hydrogens (tertiary/aromatic N) is 2. The lowest BCUT2D eigenvalue weighted by Crippen LogP contribution is -1.99. The number of fused-ring (bicyclic) bond motifs is 1. The van der Waals surface area contributed by atoms with Gasteiger partial charge in [-0.15, -0.1) is 0 Å². The summed E-state index contributed by atoms with van der Waals surface area (Å²) in [5, 5.41) is 11.3. The summed E-state index contributed by atoms with van der Waals surface area (Å²) in [5.74, 6) is 0.192. The maximum atomic E-state index is 9.43. The van der Waals surface area contributed by atoms with Gasteiger partial charge in [-0.25, -0.2) is 4.98 Å². The third kappa shape index (κ3) is 2.29. The van der Waals surface area contributed by atoms with Gasteiger partial charge in [0.1, 0.15) is 17.5 Å². The number of hydrogen-bond acceptors (Lipinski definition) is 3. The lowest BCUT2D eigenvalue weighted by Gasteiger charge is -2.12. The van der Waals surface area contributed by atoms with Crippen molar-refractivity contribution in [1.29, 1.82) is 5.26 Å². The second-order valence-electron chi connectivity index (χ2n) is 4.50. The number of para-hydroxylation sites is 1. The van der Waals surface area contributed by atoms with Gasteiger partial charge in [0.05, 0.1) is 5.52 Å². The van der Waals surface area contributed by atoms with Crippen LogP contribution in [0.15, 0.2) is 42.5 Å². The molecule has 3 rings (SSSR count). The fourth-order valence-corrected chi connectivity index (χ4v) is 2.82. The van der Waals surface area contributed by atoms with E-state index in [9.17, 15) is 5.26 Å². The van der Waals surface area contributed by atoms with E-state index in [4.69, 9.17) is 28.9 Å². The van der Waals surface area contributed by atoms with Crippen LogP contribution in [-0.2, 0) is 0 Å². The molecule has 0 saturated carbocycles. The highest BCUT2D eigenvalue weighted by atomic mass is 35.5. The Labute approximate surface area is 131 Å². The van der Waals surface area contributed by atoms with Crippen molar-refractivity contribution in [2.75, 3.05) is 5.73 Å². The van der Waals surface area contributed by atoms with Crippen LogP contribution in [0, 0.1) is 11.3 Å². The zero-order chi connectivity index (χ0) is 15.0. The van der Waals surface area contributed by atoms with Gasteiger partial charge >= 0.3 is 0 Å². The van der Waals surface area contributed by atoms with Crippen LogP contribution in [0.2, 0.25) is 10.0 Å². The smallest absolute Gasteiger partial charge is 0.142 e. The average molecular weight is 314 g/mol. The van der Waals surface area contributed by atoms with Crippen molar-refractivity contribution in [3.63, 3.8) is 0 Å². The van der Waals surface area contributed by atoms with Crippen molar-refractivity contribution in [2.24, 2.45) is 0 Å². The van der Waals surface area contributed by atoms with Crippen molar-refractivity contribution in [3.05, 3.63) is 58.1 Å². The van der Waals surface area contributed by atoms with Gasteiger partial charge in [0.25, 0.3) is 0 Å². The van der Waals surface area contributed by atoms with Gasteiger partial charge in [0.15, 0.2) is 0 Å². The molecule has 1 aromatic heterocycles. The van der Waals surface area contributed by atoms with Gasteiger partial charge in [-0.1, -0.05) is 47.5 Å². The fraction of sp³-hybridized carbons (Fsp3) is 0. The summed E-state index contributed by atoms with van der Waals surface area (Å²) >= 11 is 12.2. The quantitative estimate of drug-likeness (QED) is 0.710. The summed E-state index contributed by atoms with van der Waals surface area (Å²) < 4.78 is 0. The monoisotopic (exact) mass is 313 g/mol. The summed E-state index contributed by atoms with van der Waals surface area (Å²) in [6.45, 7) is 0. The van der Waals surface area contributed by atoms with Crippen molar-refractivity contribution in [3.8, 4) is 17.2 Å². The molecule has 0 bridgehead atoms. The maximum absolute atomic E-state index is 9.43. The van der Waals surface area contributed by atoms with Gasteiger partial charge in [0, 0.05) is 26.6 Å². The molecule has 5 heteroatoms. The Kier molecular flexibility index (Phi) is 3.42. The van der Waals surface area contributed by atoms with Crippen LogP contribution in [0.5, 0.6) is 0 Å². The summed E-state index contributed by atoms with van der Waals surface area (Å²) in [4.78, 5) is 4.27. The van der Waals surface area contributed by atoms with Crippen LogP contribution in [0.4, 0.5) is 5.82 Å². The first kappa shape index (κ1) is 13.7. The second-order valence-corrected chi connectivity index (χ2v) is 5.34. The minimum Gasteiger partial charge on any atom is -0.383 e. The number of hydrogen-bond donors (Lipinski definition) is 1. The Hall–Kier alpha value is -2.28. The van der Waals surface area contributed by atoms with E-state index in [1.165, 1.54) is 0 Å². The van der Waals surface area contributed by atoms with Gasteiger partial charge in [-0.2, -0.15) is 5.26 Å². The Morgan fingerprint density at radius 1 is 1.10 bits per heavy atom. The molecule has 0 unspecified atom stereocenters. The Morgan fingerprint density at radius 3 is 2.57 bits per heavy atom. The molecule has 3 aromatic rings. The molecule has 3 nitrogen and oxygen atoms in total. The molecule has 0 aliphatic carbocycles. The number of rotatable bonds is 1. The summed E-state index contributed by atoms with van der Waals surface area (Å²) in [6, 6.07) is 14.8. The second kappa shape index (κ2) is 5.25. The molecule has 2 N–H and O–H groups in total. The first-order valence-electron chi connectivity index (χ1n) is 6.15. The number of halogens is 2. The number of nitrogen functional groups attached to an aromatic ring is 1. The van der Waals surface area contributed by atoms with E-state index in [2.05, 4.69) is 11.1 Å². The summed E-state index contributed by atoms with van der Waals surface area (Å²) in [7, 11) is 0. The van der Waals surface area contributed by atoms with E-state index >= 15 is 0 Å². The molecule has 0 aliphatic heterocycles. The third-order valence-corrected chi connectivity index (χ3v) is 3.78. The first-order chi connectivity index (χ1) is 10.1. The third-order valence-electron chi connectivity index (χ3n) is 3.23. The maximum Gasteiger partial charge on any atom is 0.142 e. The number of benzene rings is 2. The van der Waals surface area contributed by atoms with E-state index in [0.717, 1.165) is 10.9 Å². The zero-order valence-electron chi connectivity index (χ0n) is 10.8. The molecule has 1 heterocycles. The lowest BCUT2D eigenvalue weighted by atomic mass is 9.96. The fourth-order valence-electron chi connectivity index (χ4n) is 2.32. The Bertz CT molecular complexity index is 898. The van der Waals surface area contributed by atoms with Gasteiger partial charge < -0.3 is 5.73 Å². The van der Waals surface area contributed by atoms with Gasteiger partial charge in [0.2, 0.25) is 0 Å². The predicted octanol–water partition coefficient (Wildman–Crippen LogP) is 4.66. The molecule has 21 heavy (non-hydrogen) atoms. The molecule has 2 aromatic carbocycles. The summed E-state index contributed by atoms with van der Waals surface area (Å²) in [5.41, 5.74) is 8.34. The van der Waals surface area contributed by atoms with Crippen molar-refractivity contribution < 1.29 is 0 Å². The highest BCUT2D eigenvalue weighted by molar-refractivity contribution is 6.36. The number of nitrogens with two attached hydrogens (primary N) is 1. The highest BCUT2D eigenvalue weighted by Crippen LogP contribution is 2.38. The molecule has 0 atom stereocenters. The van der Waals surface area contributed by atoms with E-state index in [1.54, 1.807) is 18.2 Å². The SMILES string of the molecule is N#Cc1c(N)nc2ccccc2c1-c1ccc(Cl)cc1Cl. The highest BCUT2D eigenvalue weighted by Gasteiger charge is 2.17. The molecule has 0 aliphatic rings. The van der Waals surface area contributed by atoms with Crippen LogP contribution >= 0.6 is 23.2 Å². The number of nitriles is 1. The molecular formula is C16H9Cl2N3. The first-order valence-corrected chi connectivity index (χ1v) is 6.91. The van der Waals surface area contributed by atoms with Crippen LogP contribution in [0.1, 0.15) is 5.56 Å². The summed E-state index contributed by atoms with van der Waals surface area (Å²) in [6.07, 6.45) is 0. The normalized spacial score (nSPS) is 10.5. The molecule has 0 saturated heterocycles. The van der Waals surface area contributed by atoms with E-state index in [0.29, 0.717) is 26.7 Å². The van der Waals surface area contributed by atoms with Crippen molar-refractivity contribution >= 4 is 39.9 Å². The van der Waals surface area contributed by atoms with E-state index in [1.807, 2.05) is 24.3 Å². The van der Waals surface area contributed by atoms with Crippen LogP contribution in [0.25, 0.3) is 22.0 Å². The molecule has 102 valence electrons. The van der Waals surface area contributed by atoms with Crippen LogP contribution < -0.4 is 5.73 Å². The van der Waals surface area contributed by atoms with Crippen molar-refractivity contribution in [2.45, 2.75) is 0 Å². The molecular weight excluding hydrogens is 305 g/mol. The van der Waals surface area contributed by atoms with E-state index in [-0.39, 0.29) is 5.82 Å². The van der Waals surface area contributed by atoms with Gasteiger partial charge in [-0.05, 0) is 18.2 Å². The Morgan fingerprint density at radius 2 is 1.86 bits per heavy atom. The topological polar surface area (TPSA) is 62.7 Å². The van der Waals surface area contributed by atoms with Gasteiger partial charge in [-0.3, -0.25) is 0 Å². The van der Waals surface area contributed by atoms with Crippen LogP contribution in [-0.4, -0.2) is 4.98 Å². The minimum atomic E-state index is 0.192. The number of anilines is 1. The largest absolute Gasteiger partial charge is 0.383 e. The number of pyridine rings is 1. The standard InChI is InChI=1S/C16H9Cl2N3/c17-9-5-6-10(13(18)7-9)15-11-3-1-2-4-14(11)21-16(20)12(15)8-19/h1-7H,(H2,20,21). The zero-order valence-corrected chi connectivity index (χ0v) is 12.3. The minimum absolute atomic E-state index is 0.192. The van der Waals surface area contributed by atoms with Crippen molar-refractivity contribution in [1.82, 2.24) is 4.98 Å². The lowest BCUT2D eigenvalue weighted by molar-refractivity contribution is 1.37. The molecule has 0 radical (unpaired) electrons. The Balaban J connectivity index is 2.48.